The van der Waals surface area contributed by atoms with E-state index in [2.05, 4.69) is 50.2 Å². The number of aryl methyl sites for hydroxylation is 1. The average Bonchev–Trinajstić information content (AvgIpc) is 2.76. The number of aromatic amines is 1. The van der Waals surface area contributed by atoms with Crippen molar-refractivity contribution in [1.82, 2.24) is 9.97 Å². The standard InChI is InChI=1S/C13H11BrN2S/c14-11-7-15-12(16-13(11)17)10-6-5-8-3-1-2-4-9(8)10/h1-4,7,10H,5-6H2,(H,15,16,17). The second kappa shape index (κ2) is 4.35. The van der Waals surface area contributed by atoms with Crippen molar-refractivity contribution in [3.63, 3.8) is 0 Å². The van der Waals surface area contributed by atoms with E-state index < -0.39 is 0 Å². The molecule has 2 nitrogen and oxygen atoms in total. The molecule has 17 heavy (non-hydrogen) atoms. The molecule has 0 aliphatic heterocycles. The Bertz CT molecular complexity index is 621. The van der Waals surface area contributed by atoms with Crippen LogP contribution in [0.5, 0.6) is 0 Å². The Hall–Kier alpha value is -1.00. The van der Waals surface area contributed by atoms with Crippen LogP contribution in [0.4, 0.5) is 0 Å². The van der Waals surface area contributed by atoms with Crippen LogP contribution in [0.1, 0.15) is 29.3 Å². The van der Waals surface area contributed by atoms with E-state index in [0.29, 0.717) is 5.92 Å². The maximum Gasteiger partial charge on any atom is 0.120 e. The topological polar surface area (TPSA) is 28.7 Å². The van der Waals surface area contributed by atoms with Gasteiger partial charge in [-0.25, -0.2) is 4.98 Å². The second-order valence-corrected chi connectivity index (χ2v) is 5.50. The molecule has 0 saturated heterocycles. The third-order valence-electron chi connectivity index (χ3n) is 3.24. The minimum Gasteiger partial charge on any atom is -0.333 e. The second-order valence-electron chi connectivity index (χ2n) is 4.24. The van der Waals surface area contributed by atoms with Crippen LogP contribution >= 0.6 is 28.1 Å². The van der Waals surface area contributed by atoms with E-state index in [1.54, 1.807) is 6.20 Å². The summed E-state index contributed by atoms with van der Waals surface area (Å²) in [4.78, 5) is 7.67. The van der Waals surface area contributed by atoms with E-state index in [9.17, 15) is 0 Å². The fourth-order valence-corrected chi connectivity index (χ4v) is 2.77. The summed E-state index contributed by atoms with van der Waals surface area (Å²) in [5, 5.41) is 0. The Morgan fingerprint density at radius 3 is 3.00 bits per heavy atom. The van der Waals surface area contributed by atoms with Gasteiger partial charge < -0.3 is 4.98 Å². The van der Waals surface area contributed by atoms with Crippen LogP contribution in [0, 0.1) is 4.64 Å². The highest BCUT2D eigenvalue weighted by atomic mass is 79.9. The molecule has 1 aromatic heterocycles. The van der Waals surface area contributed by atoms with Crippen LogP contribution in [0.15, 0.2) is 34.9 Å². The van der Waals surface area contributed by atoms with Crippen LogP contribution in [0.3, 0.4) is 0 Å². The van der Waals surface area contributed by atoms with Crippen molar-refractivity contribution >= 4 is 28.1 Å². The summed E-state index contributed by atoms with van der Waals surface area (Å²) in [6.07, 6.45) is 4.02. The number of H-pyrrole nitrogens is 1. The molecule has 0 saturated carbocycles. The van der Waals surface area contributed by atoms with Gasteiger partial charge in [-0.2, -0.15) is 0 Å². The lowest BCUT2D eigenvalue weighted by molar-refractivity contribution is 0.725. The fraction of sp³-hybridized carbons (Fsp3) is 0.231. The zero-order chi connectivity index (χ0) is 11.8. The fourth-order valence-electron chi connectivity index (χ4n) is 2.41. The molecule has 2 aromatic rings. The summed E-state index contributed by atoms with van der Waals surface area (Å²) in [6.45, 7) is 0. The summed E-state index contributed by atoms with van der Waals surface area (Å²) in [7, 11) is 0. The molecule has 1 aliphatic rings. The van der Waals surface area contributed by atoms with E-state index >= 15 is 0 Å². The van der Waals surface area contributed by atoms with Gasteiger partial charge in [-0.05, 0) is 39.9 Å². The van der Waals surface area contributed by atoms with Crippen LogP contribution < -0.4 is 0 Å². The molecular weight excluding hydrogens is 296 g/mol. The van der Waals surface area contributed by atoms with Gasteiger partial charge in [-0.15, -0.1) is 0 Å². The quantitative estimate of drug-likeness (QED) is 0.807. The van der Waals surface area contributed by atoms with Gasteiger partial charge in [0.15, 0.2) is 0 Å². The first-order valence-electron chi connectivity index (χ1n) is 5.58. The van der Waals surface area contributed by atoms with Crippen molar-refractivity contribution in [2.75, 3.05) is 0 Å². The summed E-state index contributed by atoms with van der Waals surface area (Å²) in [5.41, 5.74) is 2.81. The van der Waals surface area contributed by atoms with Gasteiger partial charge >= 0.3 is 0 Å². The molecule has 1 aromatic carbocycles. The highest BCUT2D eigenvalue weighted by Crippen LogP contribution is 2.36. The van der Waals surface area contributed by atoms with E-state index in [0.717, 1.165) is 27.8 Å². The molecule has 1 heterocycles. The van der Waals surface area contributed by atoms with Crippen molar-refractivity contribution in [3.8, 4) is 0 Å². The molecular formula is C13H11BrN2S. The number of aromatic nitrogens is 2. The van der Waals surface area contributed by atoms with Gasteiger partial charge in [0.2, 0.25) is 0 Å². The van der Waals surface area contributed by atoms with Crippen molar-refractivity contribution in [3.05, 3.63) is 56.5 Å². The maximum absolute atomic E-state index is 5.23. The highest BCUT2D eigenvalue weighted by Gasteiger charge is 2.25. The van der Waals surface area contributed by atoms with Crippen molar-refractivity contribution < 1.29 is 0 Å². The van der Waals surface area contributed by atoms with E-state index in [4.69, 9.17) is 12.2 Å². The lowest BCUT2D eigenvalue weighted by atomic mass is 10.0. The average molecular weight is 307 g/mol. The Kier molecular flexibility index (Phi) is 2.84. The van der Waals surface area contributed by atoms with Gasteiger partial charge in [-0.3, -0.25) is 0 Å². The molecule has 86 valence electrons. The molecule has 3 rings (SSSR count). The minimum atomic E-state index is 0.362. The van der Waals surface area contributed by atoms with Gasteiger partial charge in [0, 0.05) is 12.1 Å². The lowest BCUT2D eigenvalue weighted by Gasteiger charge is -2.10. The number of halogens is 1. The Balaban J connectivity index is 2.07. The zero-order valence-corrected chi connectivity index (χ0v) is 11.5. The molecule has 1 aliphatic carbocycles. The summed E-state index contributed by atoms with van der Waals surface area (Å²) >= 11 is 8.60. The van der Waals surface area contributed by atoms with Crippen molar-refractivity contribution in [1.29, 1.82) is 0 Å². The van der Waals surface area contributed by atoms with E-state index in [1.165, 1.54) is 11.1 Å². The Morgan fingerprint density at radius 2 is 2.18 bits per heavy atom. The van der Waals surface area contributed by atoms with Crippen molar-refractivity contribution in [2.45, 2.75) is 18.8 Å². The van der Waals surface area contributed by atoms with Gasteiger partial charge in [0.05, 0.1) is 4.47 Å². The third-order valence-corrected chi connectivity index (χ3v) is 4.42. The number of nitrogens with one attached hydrogen (secondary N) is 1. The maximum atomic E-state index is 5.23. The number of hydrogen-bond acceptors (Lipinski definition) is 2. The smallest absolute Gasteiger partial charge is 0.120 e. The minimum absolute atomic E-state index is 0.362. The molecule has 1 N–H and O–H groups in total. The molecule has 0 spiro atoms. The summed E-state index contributed by atoms with van der Waals surface area (Å²) < 4.78 is 1.57. The van der Waals surface area contributed by atoms with Gasteiger partial charge in [0.1, 0.15) is 10.5 Å². The molecule has 0 amide bonds. The molecule has 0 fully saturated rings. The van der Waals surface area contributed by atoms with Crippen LogP contribution in [0.2, 0.25) is 0 Å². The lowest BCUT2D eigenvalue weighted by Crippen LogP contribution is -2.02. The molecule has 0 radical (unpaired) electrons. The van der Waals surface area contributed by atoms with Gasteiger partial charge in [-0.1, -0.05) is 36.5 Å². The first-order chi connectivity index (χ1) is 8.25. The Morgan fingerprint density at radius 1 is 1.35 bits per heavy atom. The molecule has 1 unspecified atom stereocenters. The highest BCUT2D eigenvalue weighted by molar-refractivity contribution is 9.10. The normalized spacial score (nSPS) is 18.1. The largest absolute Gasteiger partial charge is 0.333 e. The predicted molar refractivity (Wildman–Crippen MR) is 73.7 cm³/mol. The van der Waals surface area contributed by atoms with E-state index in [1.807, 2.05) is 0 Å². The SMILES string of the molecule is S=c1[nH]c(C2CCc3ccccc32)ncc1Br. The van der Waals surface area contributed by atoms with Gasteiger partial charge in [0.25, 0.3) is 0 Å². The number of fused-ring (bicyclic) bond motifs is 1. The summed E-state index contributed by atoms with van der Waals surface area (Å²) in [6, 6.07) is 8.57. The molecule has 4 heteroatoms. The monoisotopic (exact) mass is 306 g/mol. The predicted octanol–water partition coefficient (Wildman–Crippen LogP) is 3.98. The van der Waals surface area contributed by atoms with Crippen LogP contribution in [0.25, 0.3) is 0 Å². The van der Waals surface area contributed by atoms with Crippen molar-refractivity contribution in [2.24, 2.45) is 0 Å². The summed E-state index contributed by atoms with van der Waals surface area (Å²) in [5.74, 6) is 1.34. The van der Waals surface area contributed by atoms with Crippen LogP contribution in [-0.2, 0) is 6.42 Å². The Labute approximate surface area is 113 Å². The third kappa shape index (κ3) is 1.96. The van der Waals surface area contributed by atoms with E-state index in [-0.39, 0.29) is 0 Å². The van der Waals surface area contributed by atoms with Crippen LogP contribution in [-0.4, -0.2) is 9.97 Å². The zero-order valence-electron chi connectivity index (χ0n) is 9.11. The first-order valence-corrected chi connectivity index (χ1v) is 6.78. The number of nitrogens with zero attached hydrogens (tertiary/aromatic N) is 1. The first kappa shape index (κ1) is 11.1. The molecule has 0 bridgehead atoms. The number of rotatable bonds is 1. The molecule has 1 atom stereocenters. The number of benzene rings is 1. The number of hydrogen-bond donors (Lipinski definition) is 1.